The summed E-state index contributed by atoms with van der Waals surface area (Å²) in [5.41, 5.74) is 11.8. The molecule has 4 aliphatic heterocycles. The second-order valence-corrected chi connectivity index (χ2v) is 21.2. The minimum absolute atomic E-state index is 0.00370. The topological polar surface area (TPSA) is 366 Å². The third-order valence-electron chi connectivity index (χ3n) is 16.2. The molecule has 14 atom stereocenters. The van der Waals surface area contributed by atoms with Crippen molar-refractivity contribution in [3.63, 3.8) is 0 Å². The van der Waals surface area contributed by atoms with E-state index >= 15 is 0 Å². The van der Waals surface area contributed by atoms with Gasteiger partial charge in [-0.2, -0.15) is 0 Å². The predicted molar refractivity (Wildman–Crippen MR) is 269 cm³/mol. The average Bonchev–Trinajstić information content (AvgIpc) is 3.37. The molecule has 6 aliphatic rings. The van der Waals surface area contributed by atoms with E-state index in [0.29, 0.717) is 89.4 Å². The van der Waals surface area contributed by atoms with Crippen molar-refractivity contribution in [1.82, 2.24) is 52.3 Å². The molecular formula is C51H76N12O12. The number of carbonyl (C=O) groups excluding carboxylic acids is 9. The number of carboxylic acid groups (broad SMARTS) is 1. The molecule has 0 radical (unpaired) electrons. The van der Waals surface area contributed by atoms with Crippen LogP contribution in [0.25, 0.3) is 0 Å². The van der Waals surface area contributed by atoms with Gasteiger partial charge in [0.25, 0.3) is 0 Å². The van der Waals surface area contributed by atoms with Gasteiger partial charge >= 0.3 is 5.97 Å². The SMILES string of the molecule is CC(=O)NC1CCCC2C1C(=O)N2[C@@H](CCCCN)C(=O)NC1CCNCC1C(=O)N[C@@H](Cc1ccc(O)cc1)C(=O)NC1CCCC2C1C(=O)N2[C@@H](CCC(=O)O)C(=O)NC1CCNCC1C(=O)N[C@@H](C)C(N)=O. The Hall–Kier alpha value is -6.40. The number of unbranched alkanes of at least 4 members (excludes halogenated alkanes) is 1. The lowest BCUT2D eigenvalue weighted by Gasteiger charge is -2.55. The number of carboxylic acids is 1. The highest BCUT2D eigenvalue weighted by molar-refractivity contribution is 5.97. The molecule has 2 saturated carbocycles. The summed E-state index contributed by atoms with van der Waals surface area (Å²) in [6.45, 7) is 4.56. The number of fused-ring (bicyclic) bond motifs is 2. The number of primary amides is 1. The van der Waals surface area contributed by atoms with E-state index in [-0.39, 0.29) is 55.6 Å². The van der Waals surface area contributed by atoms with Crippen molar-refractivity contribution in [3.8, 4) is 5.75 Å². The van der Waals surface area contributed by atoms with E-state index in [1.807, 2.05) is 0 Å². The van der Waals surface area contributed by atoms with Crippen molar-refractivity contribution < 1.29 is 58.2 Å². The van der Waals surface area contributed by atoms with Crippen LogP contribution in [0.2, 0.25) is 0 Å². The molecule has 0 aromatic heterocycles. The Labute approximate surface area is 436 Å². The van der Waals surface area contributed by atoms with Crippen LogP contribution < -0.4 is 54.0 Å². The van der Waals surface area contributed by atoms with Crippen LogP contribution >= 0.6 is 0 Å². The number of aliphatic carboxylic acids is 1. The monoisotopic (exact) mass is 1050 g/mol. The number of piperidine rings is 2. The third-order valence-corrected chi connectivity index (χ3v) is 16.2. The molecule has 1 aromatic rings. The van der Waals surface area contributed by atoms with Crippen molar-refractivity contribution in [3.05, 3.63) is 29.8 Å². The molecule has 75 heavy (non-hydrogen) atoms. The molecule has 14 N–H and O–H groups in total. The van der Waals surface area contributed by atoms with Crippen LogP contribution in [-0.2, 0) is 54.4 Å². The van der Waals surface area contributed by atoms with Crippen molar-refractivity contribution in [2.24, 2.45) is 35.1 Å². The van der Waals surface area contributed by atoms with Gasteiger partial charge in [0, 0.05) is 69.1 Å². The minimum Gasteiger partial charge on any atom is -0.508 e. The van der Waals surface area contributed by atoms with Crippen LogP contribution in [0.1, 0.15) is 103 Å². The van der Waals surface area contributed by atoms with Crippen molar-refractivity contribution in [2.45, 2.75) is 164 Å². The first-order valence-electron chi connectivity index (χ1n) is 26.7. The largest absolute Gasteiger partial charge is 0.508 e. The molecule has 10 unspecified atom stereocenters. The highest BCUT2D eigenvalue weighted by atomic mass is 16.4. The summed E-state index contributed by atoms with van der Waals surface area (Å²) in [5, 5.41) is 43.5. The van der Waals surface area contributed by atoms with Crippen LogP contribution in [-0.4, -0.2) is 172 Å². The molecule has 412 valence electrons. The number of likely N-dealkylation sites (tertiary alicyclic amines) is 2. The van der Waals surface area contributed by atoms with E-state index in [4.69, 9.17) is 11.5 Å². The molecule has 4 heterocycles. The number of nitrogens with one attached hydrogen (secondary N) is 8. The number of rotatable bonds is 23. The number of amides is 9. The van der Waals surface area contributed by atoms with E-state index < -0.39 is 126 Å². The van der Waals surface area contributed by atoms with Gasteiger partial charge in [-0.15, -0.1) is 0 Å². The standard InChI is InChI=1S/C51H76N12O12/c1-26(44(53)68)56-45(69)30-24-54-21-18-32(30)59-49(73)40(16-17-41(66)67)63-38-11-6-8-35(43(38)51(63)75)60-47(71)36(23-28-12-14-29(65)15-13-28)61-46(70)31-25-55-22-19-33(31)58-48(72)39(9-3-4-20-52)62-37-10-5-7-34(57-27(2)64)42(37)50(62)74/h12-15,26,30-40,42-43,54-55,65H,3-11,16-25,52H2,1-2H3,(H2,53,68)(H,56,69)(H,57,64)(H,58,72)(H,59,73)(H,60,71)(H,61,70)(H,66,67)/t26-,30?,31?,32?,33?,34?,35?,36-,37?,38?,39-,40-,42?,43?/m0/s1. The van der Waals surface area contributed by atoms with Crippen LogP contribution in [0.15, 0.2) is 24.3 Å². The Morgan fingerprint density at radius 2 is 1.19 bits per heavy atom. The van der Waals surface area contributed by atoms with E-state index in [1.54, 1.807) is 17.0 Å². The van der Waals surface area contributed by atoms with Crippen LogP contribution in [0.5, 0.6) is 5.75 Å². The number of β-lactam (4-membered cyclic amide) rings is 2. The second kappa shape index (κ2) is 25.4. The number of benzene rings is 1. The fourth-order valence-corrected chi connectivity index (χ4v) is 12.2. The first-order chi connectivity index (χ1) is 35.9. The molecule has 6 fully saturated rings. The quantitative estimate of drug-likeness (QED) is 0.0393. The summed E-state index contributed by atoms with van der Waals surface area (Å²) in [6.07, 6.45) is 5.19. The van der Waals surface area contributed by atoms with Gasteiger partial charge < -0.3 is 74.0 Å². The molecule has 24 heteroatoms. The smallest absolute Gasteiger partial charge is 0.303 e. The number of phenols is 1. The van der Waals surface area contributed by atoms with Gasteiger partial charge in [0.05, 0.1) is 23.7 Å². The average molecular weight is 1050 g/mol. The third kappa shape index (κ3) is 13.4. The Kier molecular flexibility index (Phi) is 19.1. The first-order valence-corrected chi connectivity index (χ1v) is 26.7. The number of phenolic OH excluding ortho intramolecular Hbond substituents is 1. The zero-order valence-electron chi connectivity index (χ0n) is 42.9. The predicted octanol–water partition coefficient (Wildman–Crippen LogP) is -2.66. The van der Waals surface area contributed by atoms with Gasteiger partial charge in [0.1, 0.15) is 29.9 Å². The lowest BCUT2D eigenvalue weighted by Crippen LogP contribution is -2.73. The zero-order chi connectivity index (χ0) is 54.1. The summed E-state index contributed by atoms with van der Waals surface area (Å²) in [6, 6.07) is -1.19. The van der Waals surface area contributed by atoms with Gasteiger partial charge in [-0.3, -0.25) is 47.9 Å². The fraction of sp³-hybridized carbons (Fsp3) is 0.686. The van der Waals surface area contributed by atoms with Crippen LogP contribution in [0.3, 0.4) is 0 Å². The number of aromatic hydroxyl groups is 1. The van der Waals surface area contributed by atoms with Crippen molar-refractivity contribution in [2.75, 3.05) is 32.7 Å². The van der Waals surface area contributed by atoms with Crippen LogP contribution in [0, 0.1) is 23.7 Å². The summed E-state index contributed by atoms with van der Waals surface area (Å²) in [4.78, 5) is 138. The maximum Gasteiger partial charge on any atom is 0.303 e. The summed E-state index contributed by atoms with van der Waals surface area (Å²) >= 11 is 0. The summed E-state index contributed by atoms with van der Waals surface area (Å²) < 4.78 is 0. The molecule has 9 amide bonds. The lowest BCUT2D eigenvalue weighted by atomic mass is 9.71. The van der Waals surface area contributed by atoms with Crippen molar-refractivity contribution >= 4 is 59.1 Å². The first kappa shape index (κ1) is 56.3. The molecule has 4 saturated heterocycles. The Morgan fingerprint density at radius 3 is 1.69 bits per heavy atom. The molecule has 0 bridgehead atoms. The number of nitrogens with two attached hydrogens (primary N) is 2. The maximum atomic E-state index is 14.6. The van der Waals surface area contributed by atoms with E-state index in [0.717, 1.165) is 6.42 Å². The molecule has 0 spiro atoms. The maximum absolute atomic E-state index is 14.6. The Morgan fingerprint density at radius 1 is 0.680 bits per heavy atom. The highest BCUT2D eigenvalue weighted by Gasteiger charge is 2.58. The van der Waals surface area contributed by atoms with Gasteiger partial charge in [0.15, 0.2) is 0 Å². The van der Waals surface area contributed by atoms with Gasteiger partial charge in [-0.05, 0) is 121 Å². The van der Waals surface area contributed by atoms with Gasteiger partial charge in [-0.1, -0.05) is 12.1 Å². The lowest BCUT2D eigenvalue weighted by molar-refractivity contribution is -0.172. The molecule has 24 nitrogen and oxygen atoms in total. The fourth-order valence-electron chi connectivity index (χ4n) is 12.2. The Balaban J connectivity index is 1.04. The number of hydrogen-bond acceptors (Lipinski definition) is 14. The Bertz CT molecular complexity index is 2300. The summed E-state index contributed by atoms with van der Waals surface area (Å²) in [5.74, 6) is -8.25. The van der Waals surface area contributed by atoms with Crippen LogP contribution in [0.4, 0.5) is 0 Å². The summed E-state index contributed by atoms with van der Waals surface area (Å²) in [7, 11) is 0. The van der Waals surface area contributed by atoms with E-state index in [1.165, 1.54) is 30.9 Å². The highest BCUT2D eigenvalue weighted by Crippen LogP contribution is 2.42. The normalized spacial score (nSPS) is 28.7. The number of hydrogen-bond donors (Lipinski definition) is 12. The van der Waals surface area contributed by atoms with E-state index in [9.17, 15) is 58.2 Å². The van der Waals surface area contributed by atoms with Gasteiger partial charge in [0.2, 0.25) is 53.2 Å². The molecular weight excluding hydrogens is 973 g/mol. The second-order valence-electron chi connectivity index (χ2n) is 21.2. The molecule has 2 aliphatic carbocycles. The zero-order valence-corrected chi connectivity index (χ0v) is 42.9. The number of carbonyl (C=O) groups is 10. The van der Waals surface area contributed by atoms with E-state index in [2.05, 4.69) is 42.5 Å². The van der Waals surface area contributed by atoms with Gasteiger partial charge in [-0.25, -0.2) is 0 Å². The van der Waals surface area contributed by atoms with Crippen molar-refractivity contribution in [1.29, 1.82) is 0 Å². The molecule has 7 rings (SSSR count). The minimum atomic E-state index is -1.20. The molecule has 1 aromatic carbocycles. The number of nitrogens with zero attached hydrogens (tertiary/aromatic N) is 2.